The molecule has 28 heavy (non-hydrogen) atoms. The third-order valence-corrected chi connectivity index (χ3v) is 5.84. The van der Waals surface area contributed by atoms with Crippen molar-refractivity contribution >= 4 is 17.4 Å². The number of amides is 1. The molecule has 2 unspecified atom stereocenters. The fourth-order valence-electron chi connectivity index (χ4n) is 4.39. The molecule has 2 aliphatic heterocycles. The van der Waals surface area contributed by atoms with Crippen LogP contribution in [0.5, 0.6) is 5.75 Å². The highest BCUT2D eigenvalue weighted by molar-refractivity contribution is 5.80. The monoisotopic (exact) mass is 378 g/mol. The molecule has 2 atom stereocenters. The van der Waals surface area contributed by atoms with Crippen molar-refractivity contribution < 1.29 is 9.53 Å². The van der Waals surface area contributed by atoms with E-state index in [1.807, 2.05) is 41.3 Å². The summed E-state index contributed by atoms with van der Waals surface area (Å²) in [6.07, 6.45) is 2.01. The van der Waals surface area contributed by atoms with Crippen LogP contribution in [-0.2, 0) is 11.2 Å². The molecule has 0 spiro atoms. The number of fused-ring (bicyclic) bond motifs is 2. The molecule has 0 bridgehead atoms. The molecule has 2 aliphatic rings. The van der Waals surface area contributed by atoms with Crippen LogP contribution in [0.1, 0.15) is 5.56 Å². The van der Waals surface area contributed by atoms with E-state index in [9.17, 15) is 4.79 Å². The zero-order chi connectivity index (χ0) is 19.1. The fourth-order valence-corrected chi connectivity index (χ4v) is 4.39. The normalized spacial score (nSPS) is 21.3. The molecule has 1 aromatic carbocycles. The molecule has 2 fully saturated rings. The lowest BCUT2D eigenvalue weighted by Gasteiger charge is -2.22. The van der Waals surface area contributed by atoms with Crippen molar-refractivity contribution in [3.05, 3.63) is 48.3 Å². The molecule has 3 aromatic rings. The van der Waals surface area contributed by atoms with E-state index in [0.717, 1.165) is 49.0 Å². The first-order valence-electron chi connectivity index (χ1n) is 9.53. The number of carbonyl (C=O) groups excluding carboxylic acids is 1. The predicted molar refractivity (Wildman–Crippen MR) is 103 cm³/mol. The minimum Gasteiger partial charge on any atom is -0.496 e. The van der Waals surface area contributed by atoms with Crippen LogP contribution in [0, 0.1) is 11.8 Å². The quantitative estimate of drug-likeness (QED) is 0.681. The smallest absolute Gasteiger partial charge is 0.227 e. The molecular weight excluding hydrogens is 356 g/mol. The van der Waals surface area contributed by atoms with Crippen molar-refractivity contribution in [3.63, 3.8) is 0 Å². The number of nitrogens with zero attached hydrogens (tertiary/aromatic N) is 6. The molecule has 4 heterocycles. The maximum Gasteiger partial charge on any atom is 0.227 e. The zero-order valence-electron chi connectivity index (χ0n) is 15.7. The lowest BCUT2D eigenvalue weighted by atomic mass is 10.0. The second kappa shape index (κ2) is 6.78. The maximum atomic E-state index is 12.8. The van der Waals surface area contributed by atoms with E-state index in [1.54, 1.807) is 18.0 Å². The first-order chi connectivity index (χ1) is 13.7. The number of aromatic nitrogens is 4. The largest absolute Gasteiger partial charge is 0.496 e. The van der Waals surface area contributed by atoms with Crippen LogP contribution < -0.4 is 9.64 Å². The van der Waals surface area contributed by atoms with Gasteiger partial charge in [0.15, 0.2) is 5.65 Å². The van der Waals surface area contributed by atoms with Gasteiger partial charge in [-0.3, -0.25) is 4.79 Å². The van der Waals surface area contributed by atoms with Gasteiger partial charge < -0.3 is 14.5 Å². The van der Waals surface area contributed by atoms with E-state index in [2.05, 4.69) is 20.2 Å². The highest BCUT2D eigenvalue weighted by atomic mass is 16.5. The van der Waals surface area contributed by atoms with Crippen LogP contribution in [0.4, 0.5) is 5.82 Å². The van der Waals surface area contributed by atoms with E-state index in [1.165, 1.54) is 0 Å². The molecule has 144 valence electrons. The molecule has 1 amide bonds. The van der Waals surface area contributed by atoms with Crippen molar-refractivity contribution in [1.82, 2.24) is 24.7 Å². The Morgan fingerprint density at radius 1 is 1.11 bits per heavy atom. The summed E-state index contributed by atoms with van der Waals surface area (Å²) < 4.78 is 7.08. The van der Waals surface area contributed by atoms with Gasteiger partial charge in [-0.2, -0.15) is 4.52 Å². The number of benzene rings is 1. The van der Waals surface area contributed by atoms with Crippen LogP contribution >= 0.6 is 0 Å². The number of methoxy groups -OCH3 is 1. The van der Waals surface area contributed by atoms with Crippen molar-refractivity contribution in [3.8, 4) is 5.75 Å². The molecule has 2 aromatic heterocycles. The van der Waals surface area contributed by atoms with Gasteiger partial charge in [-0.05, 0) is 18.2 Å². The van der Waals surface area contributed by atoms with Crippen molar-refractivity contribution in [1.29, 1.82) is 0 Å². The maximum absolute atomic E-state index is 12.8. The Morgan fingerprint density at radius 2 is 1.89 bits per heavy atom. The lowest BCUT2D eigenvalue weighted by molar-refractivity contribution is -0.129. The Kier molecular flexibility index (Phi) is 4.11. The zero-order valence-corrected chi connectivity index (χ0v) is 15.7. The fraction of sp³-hybridized carbons (Fsp3) is 0.400. The van der Waals surface area contributed by atoms with Gasteiger partial charge in [0.1, 0.15) is 17.9 Å². The standard InChI is InChI=1S/C20H22N6O2/c1-28-17-5-3-2-4-14(17)8-20(27)25-11-15-9-24(10-16(15)12-25)19-7-6-18-22-21-13-26(18)23-19/h2-7,13,15-16H,8-12H2,1H3. The third-order valence-electron chi connectivity index (χ3n) is 5.84. The third kappa shape index (κ3) is 2.94. The van der Waals surface area contributed by atoms with Gasteiger partial charge in [0.25, 0.3) is 0 Å². The summed E-state index contributed by atoms with van der Waals surface area (Å²) in [4.78, 5) is 17.1. The molecule has 2 saturated heterocycles. The summed E-state index contributed by atoms with van der Waals surface area (Å²) >= 11 is 0. The number of ether oxygens (including phenoxy) is 1. The predicted octanol–water partition coefficient (Wildman–Crippen LogP) is 1.27. The average Bonchev–Trinajstić information content (AvgIpc) is 3.42. The lowest BCUT2D eigenvalue weighted by Crippen LogP contribution is -2.34. The number of rotatable bonds is 4. The Bertz CT molecular complexity index is 1000. The SMILES string of the molecule is COc1ccccc1CC(=O)N1CC2CN(c3ccc4nncn4n3)CC2C1. The van der Waals surface area contributed by atoms with Crippen LogP contribution in [0.25, 0.3) is 5.65 Å². The summed E-state index contributed by atoms with van der Waals surface area (Å²) in [7, 11) is 1.64. The average molecular weight is 378 g/mol. The Balaban J connectivity index is 1.23. The summed E-state index contributed by atoms with van der Waals surface area (Å²) in [6, 6.07) is 11.7. The highest BCUT2D eigenvalue weighted by Gasteiger charge is 2.42. The molecular formula is C20H22N6O2. The molecule has 0 aliphatic carbocycles. The van der Waals surface area contributed by atoms with Gasteiger partial charge >= 0.3 is 0 Å². The first-order valence-corrected chi connectivity index (χ1v) is 9.53. The summed E-state index contributed by atoms with van der Waals surface area (Å²) in [6.45, 7) is 3.46. The Morgan fingerprint density at radius 3 is 2.68 bits per heavy atom. The van der Waals surface area contributed by atoms with Gasteiger partial charge in [-0.25, -0.2) is 0 Å². The van der Waals surface area contributed by atoms with E-state index < -0.39 is 0 Å². The van der Waals surface area contributed by atoms with Gasteiger partial charge in [0, 0.05) is 43.6 Å². The van der Waals surface area contributed by atoms with E-state index in [4.69, 9.17) is 4.74 Å². The number of hydrogen-bond donors (Lipinski definition) is 0. The number of hydrogen-bond acceptors (Lipinski definition) is 6. The molecule has 8 heteroatoms. The summed E-state index contributed by atoms with van der Waals surface area (Å²) in [5.74, 6) is 2.86. The number of likely N-dealkylation sites (tertiary alicyclic amines) is 1. The molecule has 0 radical (unpaired) electrons. The van der Waals surface area contributed by atoms with E-state index in [-0.39, 0.29) is 5.91 Å². The van der Waals surface area contributed by atoms with Crippen molar-refractivity contribution in [2.45, 2.75) is 6.42 Å². The van der Waals surface area contributed by atoms with Gasteiger partial charge in [0.05, 0.1) is 13.5 Å². The minimum absolute atomic E-state index is 0.175. The first kappa shape index (κ1) is 17.0. The second-order valence-electron chi connectivity index (χ2n) is 7.54. The van der Waals surface area contributed by atoms with Gasteiger partial charge in [-0.15, -0.1) is 15.3 Å². The van der Waals surface area contributed by atoms with Crippen molar-refractivity contribution in [2.24, 2.45) is 11.8 Å². The Hall–Kier alpha value is -3.16. The van der Waals surface area contributed by atoms with E-state index in [0.29, 0.717) is 18.3 Å². The molecule has 0 saturated carbocycles. The molecule has 0 N–H and O–H groups in total. The van der Waals surface area contributed by atoms with Crippen LogP contribution in [0.2, 0.25) is 0 Å². The number of carbonyl (C=O) groups is 1. The second-order valence-corrected chi connectivity index (χ2v) is 7.54. The minimum atomic E-state index is 0.175. The van der Waals surface area contributed by atoms with Crippen molar-refractivity contribution in [2.75, 3.05) is 38.2 Å². The number of anilines is 1. The van der Waals surface area contributed by atoms with Gasteiger partial charge in [0.2, 0.25) is 5.91 Å². The van der Waals surface area contributed by atoms with Gasteiger partial charge in [-0.1, -0.05) is 18.2 Å². The summed E-state index contributed by atoms with van der Waals surface area (Å²) in [5, 5.41) is 12.5. The van der Waals surface area contributed by atoms with Crippen LogP contribution in [0.3, 0.4) is 0 Å². The molecule has 5 rings (SSSR count). The Labute approximate surface area is 162 Å². The van der Waals surface area contributed by atoms with E-state index >= 15 is 0 Å². The van der Waals surface area contributed by atoms with Crippen LogP contribution in [0.15, 0.2) is 42.7 Å². The molecule has 8 nitrogen and oxygen atoms in total. The number of para-hydroxylation sites is 1. The highest BCUT2D eigenvalue weighted by Crippen LogP contribution is 2.33. The topological polar surface area (TPSA) is 75.9 Å². The summed E-state index contributed by atoms with van der Waals surface area (Å²) in [5.41, 5.74) is 1.69. The van der Waals surface area contributed by atoms with Crippen LogP contribution in [-0.4, -0.2) is 63.9 Å².